The van der Waals surface area contributed by atoms with Crippen LogP contribution in [0.25, 0.3) is 0 Å². The third-order valence-electron chi connectivity index (χ3n) is 3.67. The van der Waals surface area contributed by atoms with E-state index in [0.717, 1.165) is 6.42 Å². The molecule has 1 aliphatic rings. The molecule has 100 valence electrons. The van der Waals surface area contributed by atoms with Gasteiger partial charge in [0, 0.05) is 17.5 Å². The molecule has 1 aromatic rings. The maximum absolute atomic E-state index is 12.7. The van der Waals surface area contributed by atoms with Gasteiger partial charge in [-0.1, -0.05) is 6.42 Å². The van der Waals surface area contributed by atoms with Crippen LogP contribution in [0.2, 0.25) is 0 Å². The molecule has 6 heteroatoms. The van der Waals surface area contributed by atoms with Gasteiger partial charge < -0.3 is 15.9 Å². The van der Waals surface area contributed by atoms with Crippen LogP contribution in [0.4, 0.5) is 13.2 Å². The van der Waals surface area contributed by atoms with Crippen LogP contribution in [0.1, 0.15) is 30.4 Å². The zero-order valence-electron chi connectivity index (χ0n) is 9.59. The molecule has 0 aliphatic heterocycles. The molecule has 1 saturated carbocycles. The van der Waals surface area contributed by atoms with E-state index in [1.54, 1.807) is 0 Å². The lowest BCUT2D eigenvalue weighted by Gasteiger charge is -2.42. The number of benzene rings is 1. The van der Waals surface area contributed by atoms with Gasteiger partial charge in [-0.2, -0.15) is 13.2 Å². The summed E-state index contributed by atoms with van der Waals surface area (Å²) in [6, 6.07) is 1.71. The third kappa shape index (κ3) is 1.90. The second kappa shape index (κ2) is 4.05. The van der Waals surface area contributed by atoms with Crippen LogP contribution in [-0.4, -0.2) is 16.8 Å². The van der Waals surface area contributed by atoms with Crippen molar-refractivity contribution < 1.29 is 23.4 Å². The summed E-state index contributed by atoms with van der Waals surface area (Å²) < 4.78 is 38.2. The summed E-state index contributed by atoms with van der Waals surface area (Å²) in [5, 5.41) is 19.2. The van der Waals surface area contributed by atoms with E-state index in [1.807, 2.05) is 0 Å². The van der Waals surface area contributed by atoms with Crippen molar-refractivity contribution in [3.63, 3.8) is 0 Å². The Balaban J connectivity index is 2.58. The Morgan fingerprint density at radius 3 is 2.22 bits per heavy atom. The number of aromatic hydroxyl groups is 2. The highest BCUT2D eigenvalue weighted by atomic mass is 19.4. The van der Waals surface area contributed by atoms with Crippen LogP contribution >= 0.6 is 0 Å². The van der Waals surface area contributed by atoms with Crippen LogP contribution in [0.15, 0.2) is 12.1 Å². The molecule has 0 saturated heterocycles. The van der Waals surface area contributed by atoms with E-state index in [1.165, 1.54) is 6.07 Å². The van der Waals surface area contributed by atoms with Crippen molar-refractivity contribution in [3.8, 4) is 11.5 Å². The highest BCUT2D eigenvalue weighted by Crippen LogP contribution is 2.50. The van der Waals surface area contributed by atoms with Crippen molar-refractivity contribution in [3.05, 3.63) is 23.3 Å². The number of halogens is 3. The lowest BCUT2D eigenvalue weighted by atomic mass is 9.64. The van der Waals surface area contributed by atoms with E-state index in [4.69, 9.17) is 5.73 Å². The molecule has 18 heavy (non-hydrogen) atoms. The Hall–Kier alpha value is -1.43. The fourth-order valence-electron chi connectivity index (χ4n) is 2.43. The minimum absolute atomic E-state index is 0.101. The average Bonchev–Trinajstić information content (AvgIpc) is 2.20. The molecular formula is C12H14F3NO2. The number of alkyl halides is 3. The molecule has 0 bridgehead atoms. The number of rotatable bonds is 2. The van der Waals surface area contributed by atoms with Crippen LogP contribution in [0, 0.1) is 0 Å². The maximum atomic E-state index is 12.7. The molecule has 0 unspecified atom stereocenters. The van der Waals surface area contributed by atoms with Crippen molar-refractivity contribution in [2.24, 2.45) is 5.73 Å². The first kappa shape index (κ1) is 13.0. The SMILES string of the molecule is NCC1(c2cc(O)cc(C(F)(F)F)c2O)CCC1. The standard InChI is InChI=1S/C12H14F3NO2/c13-12(14,15)9-5-7(17)4-8(10(9)18)11(6-16)2-1-3-11/h4-5,17-18H,1-3,6,16H2. The minimum atomic E-state index is -4.70. The van der Waals surface area contributed by atoms with Crippen molar-refractivity contribution >= 4 is 0 Å². The van der Waals surface area contributed by atoms with Crippen LogP contribution < -0.4 is 5.73 Å². The lowest BCUT2D eigenvalue weighted by molar-refractivity contribution is -0.139. The van der Waals surface area contributed by atoms with Crippen LogP contribution in [0.3, 0.4) is 0 Å². The molecule has 0 heterocycles. The van der Waals surface area contributed by atoms with Gasteiger partial charge in [-0.3, -0.25) is 0 Å². The molecular weight excluding hydrogens is 247 g/mol. The molecule has 1 aromatic carbocycles. The first-order chi connectivity index (χ1) is 8.30. The topological polar surface area (TPSA) is 66.5 Å². The average molecular weight is 261 g/mol. The van der Waals surface area contributed by atoms with Crippen LogP contribution in [0.5, 0.6) is 11.5 Å². The number of phenolic OH excluding ortho intramolecular Hbond substituents is 2. The summed E-state index contributed by atoms with van der Waals surface area (Å²) in [6.45, 7) is 0.154. The third-order valence-corrected chi connectivity index (χ3v) is 3.67. The number of hydrogen-bond donors (Lipinski definition) is 3. The highest BCUT2D eigenvalue weighted by molar-refractivity contribution is 5.51. The van der Waals surface area contributed by atoms with Gasteiger partial charge in [-0.25, -0.2) is 0 Å². The molecule has 1 fully saturated rings. The van der Waals surface area contributed by atoms with Gasteiger partial charge in [0.15, 0.2) is 0 Å². The lowest BCUT2D eigenvalue weighted by Crippen LogP contribution is -2.41. The van der Waals surface area contributed by atoms with Gasteiger partial charge in [0.2, 0.25) is 0 Å². The normalized spacial score (nSPS) is 18.4. The van der Waals surface area contributed by atoms with Gasteiger partial charge in [-0.15, -0.1) is 0 Å². The Bertz CT molecular complexity index is 462. The zero-order chi connectivity index (χ0) is 13.6. The summed E-state index contributed by atoms with van der Waals surface area (Å²) in [5.74, 6) is -1.32. The second-order valence-corrected chi connectivity index (χ2v) is 4.73. The maximum Gasteiger partial charge on any atom is 0.420 e. The Labute approximate surface area is 102 Å². The van der Waals surface area contributed by atoms with Crippen molar-refractivity contribution in [2.75, 3.05) is 6.54 Å². The molecule has 0 spiro atoms. The molecule has 3 nitrogen and oxygen atoms in total. The minimum Gasteiger partial charge on any atom is -0.508 e. The van der Waals surface area contributed by atoms with E-state index in [9.17, 15) is 23.4 Å². The quantitative estimate of drug-likeness (QED) is 0.716. The number of phenols is 2. The van der Waals surface area contributed by atoms with E-state index < -0.39 is 28.7 Å². The molecule has 2 rings (SSSR count). The summed E-state index contributed by atoms with van der Waals surface area (Å²) in [4.78, 5) is 0. The van der Waals surface area contributed by atoms with Crippen molar-refractivity contribution in [2.45, 2.75) is 30.9 Å². The molecule has 0 atom stereocenters. The Morgan fingerprint density at radius 1 is 1.22 bits per heavy atom. The zero-order valence-corrected chi connectivity index (χ0v) is 9.59. The summed E-state index contributed by atoms with van der Waals surface area (Å²) in [7, 11) is 0. The monoisotopic (exact) mass is 261 g/mol. The van der Waals surface area contributed by atoms with E-state index >= 15 is 0 Å². The molecule has 0 amide bonds. The first-order valence-corrected chi connectivity index (χ1v) is 5.64. The number of hydrogen-bond acceptors (Lipinski definition) is 3. The summed E-state index contributed by atoms with van der Waals surface area (Å²) in [5.41, 5.74) is 3.86. The molecule has 0 radical (unpaired) electrons. The van der Waals surface area contributed by atoms with Gasteiger partial charge in [0.1, 0.15) is 17.1 Å². The Morgan fingerprint density at radius 2 is 1.83 bits per heavy atom. The smallest absolute Gasteiger partial charge is 0.420 e. The van der Waals surface area contributed by atoms with Crippen molar-refractivity contribution in [1.82, 2.24) is 0 Å². The van der Waals surface area contributed by atoms with Gasteiger partial charge in [0.25, 0.3) is 0 Å². The van der Waals surface area contributed by atoms with Crippen LogP contribution in [-0.2, 0) is 11.6 Å². The molecule has 1 aliphatic carbocycles. The van der Waals surface area contributed by atoms with Gasteiger partial charge >= 0.3 is 6.18 Å². The van der Waals surface area contributed by atoms with E-state index in [2.05, 4.69) is 0 Å². The largest absolute Gasteiger partial charge is 0.508 e. The van der Waals surface area contributed by atoms with Gasteiger partial charge in [0.05, 0.1) is 0 Å². The summed E-state index contributed by atoms with van der Waals surface area (Å²) in [6.07, 6.45) is -2.60. The summed E-state index contributed by atoms with van der Waals surface area (Å²) >= 11 is 0. The fourth-order valence-corrected chi connectivity index (χ4v) is 2.43. The Kier molecular flexibility index (Phi) is 2.93. The van der Waals surface area contributed by atoms with Gasteiger partial charge in [-0.05, 0) is 25.0 Å². The fraction of sp³-hybridized carbons (Fsp3) is 0.500. The van der Waals surface area contributed by atoms with E-state index in [-0.39, 0.29) is 12.1 Å². The molecule has 4 N–H and O–H groups in total. The van der Waals surface area contributed by atoms with Crippen molar-refractivity contribution in [1.29, 1.82) is 0 Å². The highest BCUT2D eigenvalue weighted by Gasteiger charge is 2.43. The predicted octanol–water partition coefficient (Wildman–Crippen LogP) is 2.50. The molecule has 0 aromatic heterocycles. The predicted molar refractivity (Wildman–Crippen MR) is 59.4 cm³/mol. The first-order valence-electron chi connectivity index (χ1n) is 5.64. The van der Waals surface area contributed by atoms with E-state index in [0.29, 0.717) is 18.9 Å². The second-order valence-electron chi connectivity index (χ2n) is 4.73. The number of nitrogens with two attached hydrogens (primary N) is 1.